The highest BCUT2D eigenvalue weighted by molar-refractivity contribution is 7.98. The molecular formula is C25H27Cl2FN2O2S. The lowest BCUT2D eigenvalue weighted by Gasteiger charge is -2.32. The summed E-state index contributed by atoms with van der Waals surface area (Å²) in [7, 11) is 0. The van der Waals surface area contributed by atoms with Crippen molar-refractivity contribution in [3.05, 3.63) is 62.9 Å². The monoisotopic (exact) mass is 508 g/mol. The molecule has 33 heavy (non-hydrogen) atoms. The Kier molecular flexibility index (Phi) is 7.07. The van der Waals surface area contributed by atoms with Crippen molar-refractivity contribution in [1.29, 1.82) is 0 Å². The molecule has 1 heterocycles. The number of nitrogens with one attached hydrogen (secondary N) is 1. The van der Waals surface area contributed by atoms with Crippen molar-refractivity contribution in [2.24, 2.45) is 0 Å². The van der Waals surface area contributed by atoms with Crippen LogP contribution in [0.25, 0.3) is 0 Å². The molecule has 1 saturated heterocycles. The van der Waals surface area contributed by atoms with E-state index in [1.54, 1.807) is 30.3 Å². The Bertz CT molecular complexity index is 1020. The third-order valence-electron chi connectivity index (χ3n) is 6.40. The number of halogens is 3. The van der Waals surface area contributed by atoms with E-state index < -0.39 is 5.82 Å². The van der Waals surface area contributed by atoms with E-state index in [1.807, 2.05) is 0 Å². The largest absolute Gasteiger partial charge is 0.490 e. The van der Waals surface area contributed by atoms with Gasteiger partial charge in [-0.2, -0.15) is 0 Å². The summed E-state index contributed by atoms with van der Waals surface area (Å²) in [6.45, 7) is 2.42. The van der Waals surface area contributed by atoms with Crippen molar-refractivity contribution >= 4 is 41.1 Å². The van der Waals surface area contributed by atoms with Crippen molar-refractivity contribution in [2.45, 2.75) is 62.3 Å². The van der Waals surface area contributed by atoms with Crippen LogP contribution in [-0.4, -0.2) is 35.3 Å². The third kappa shape index (κ3) is 6.16. The molecule has 0 radical (unpaired) electrons. The second-order valence-corrected chi connectivity index (χ2v) is 11.2. The quantitative estimate of drug-likeness (QED) is 0.408. The van der Waals surface area contributed by atoms with Crippen LogP contribution in [0.4, 0.5) is 4.39 Å². The van der Waals surface area contributed by atoms with Gasteiger partial charge in [0.25, 0.3) is 5.91 Å². The van der Waals surface area contributed by atoms with Gasteiger partial charge in [-0.1, -0.05) is 23.2 Å². The molecule has 2 aromatic rings. The minimum atomic E-state index is -0.431. The van der Waals surface area contributed by atoms with Crippen molar-refractivity contribution < 1.29 is 13.9 Å². The number of carbonyl (C=O) groups excluding carboxylic acids is 1. The van der Waals surface area contributed by atoms with Crippen molar-refractivity contribution in [1.82, 2.24) is 9.62 Å². The smallest absolute Gasteiger partial charge is 0.264 e. The van der Waals surface area contributed by atoms with Gasteiger partial charge >= 0.3 is 0 Å². The number of rotatable bonds is 8. The molecule has 0 spiro atoms. The molecule has 0 aromatic heterocycles. The number of piperidine rings is 1. The van der Waals surface area contributed by atoms with Gasteiger partial charge in [-0.25, -0.2) is 4.39 Å². The van der Waals surface area contributed by atoms with Gasteiger partial charge in [-0.3, -0.25) is 14.4 Å². The molecule has 1 aliphatic heterocycles. The summed E-state index contributed by atoms with van der Waals surface area (Å²) in [5, 5.41) is 1.61. The van der Waals surface area contributed by atoms with Gasteiger partial charge in [0.05, 0.1) is 5.56 Å². The number of likely N-dealkylation sites (tertiary alicyclic amines) is 1. The Hall–Kier alpha value is -1.47. The van der Waals surface area contributed by atoms with E-state index in [1.165, 1.54) is 11.9 Å². The zero-order valence-corrected chi connectivity index (χ0v) is 20.6. The average molecular weight is 509 g/mol. The molecule has 0 unspecified atom stereocenters. The lowest BCUT2D eigenvalue weighted by Crippen LogP contribution is -2.38. The summed E-state index contributed by atoms with van der Waals surface area (Å²) in [6.07, 6.45) is 6.31. The lowest BCUT2D eigenvalue weighted by atomic mass is 9.97. The summed E-state index contributed by atoms with van der Waals surface area (Å²) >= 11 is 13.6. The van der Waals surface area contributed by atoms with Gasteiger partial charge < -0.3 is 4.74 Å². The van der Waals surface area contributed by atoms with E-state index in [0.29, 0.717) is 33.5 Å². The third-order valence-corrected chi connectivity index (χ3v) is 7.95. The highest BCUT2D eigenvalue weighted by Gasteiger charge is 2.30. The molecule has 2 saturated carbocycles. The number of nitrogens with zero attached hydrogens (tertiary/aromatic N) is 1. The van der Waals surface area contributed by atoms with Gasteiger partial charge in [0, 0.05) is 34.9 Å². The van der Waals surface area contributed by atoms with Gasteiger partial charge in [-0.05, 0) is 97.8 Å². The number of benzene rings is 2. The van der Waals surface area contributed by atoms with E-state index >= 15 is 0 Å². The first-order valence-electron chi connectivity index (χ1n) is 11.6. The maximum atomic E-state index is 14.9. The fourth-order valence-electron chi connectivity index (χ4n) is 4.31. The molecule has 2 aromatic carbocycles. The van der Waals surface area contributed by atoms with Crippen molar-refractivity contribution in [2.75, 3.05) is 13.1 Å². The lowest BCUT2D eigenvalue weighted by molar-refractivity contribution is 0.0962. The number of hydrogen-bond acceptors (Lipinski definition) is 4. The van der Waals surface area contributed by atoms with Crippen LogP contribution in [0.3, 0.4) is 0 Å². The van der Waals surface area contributed by atoms with Crippen molar-refractivity contribution in [3.63, 3.8) is 0 Å². The first kappa shape index (κ1) is 23.3. The molecule has 0 atom stereocenters. The Morgan fingerprint density at radius 1 is 1.03 bits per heavy atom. The molecular weight excluding hydrogens is 482 g/mol. The first-order valence-corrected chi connectivity index (χ1v) is 13.2. The van der Waals surface area contributed by atoms with Crippen LogP contribution in [0.15, 0.2) is 30.3 Å². The van der Waals surface area contributed by atoms with E-state index in [0.717, 1.165) is 62.7 Å². The minimum Gasteiger partial charge on any atom is -0.490 e. The molecule has 5 rings (SSSR count). The SMILES string of the molecule is O=C(NSC1CC1)c1cc(C2CC2)c(CN2CCC(Oc3cc(Cl)cc(Cl)c3)CC2)cc1F. The molecule has 176 valence electrons. The summed E-state index contributed by atoms with van der Waals surface area (Å²) < 4.78 is 23.8. The summed E-state index contributed by atoms with van der Waals surface area (Å²) in [5.74, 6) is 0.380. The number of amides is 1. The molecule has 3 aliphatic rings. The Morgan fingerprint density at radius 2 is 1.73 bits per heavy atom. The fourth-order valence-corrected chi connectivity index (χ4v) is 5.57. The topological polar surface area (TPSA) is 41.6 Å². The molecule has 0 bridgehead atoms. The normalized spacial score (nSPS) is 19.5. The highest BCUT2D eigenvalue weighted by atomic mass is 35.5. The Morgan fingerprint density at radius 3 is 2.36 bits per heavy atom. The van der Waals surface area contributed by atoms with Gasteiger partial charge in [0.1, 0.15) is 17.7 Å². The summed E-state index contributed by atoms with van der Waals surface area (Å²) in [5.41, 5.74) is 2.30. The van der Waals surface area contributed by atoms with Crippen LogP contribution < -0.4 is 9.46 Å². The molecule has 2 aliphatic carbocycles. The standard InChI is InChI=1S/C25H27Cl2FN2O2S/c26-17-10-18(27)12-20(11-17)32-19-5-7-30(8-6-19)14-16-9-24(28)23(13-22(16)15-1-2-15)25(31)29-33-21-3-4-21/h9-13,15,19,21H,1-8,14H2,(H,29,31). The van der Waals surface area contributed by atoms with Crippen LogP contribution in [-0.2, 0) is 6.54 Å². The Balaban J connectivity index is 1.21. The van der Waals surface area contributed by atoms with Gasteiger partial charge in [0.2, 0.25) is 0 Å². The van der Waals surface area contributed by atoms with E-state index in [-0.39, 0.29) is 17.6 Å². The number of carbonyl (C=O) groups is 1. The van der Waals surface area contributed by atoms with Crippen molar-refractivity contribution in [3.8, 4) is 5.75 Å². The fraction of sp³-hybridized carbons (Fsp3) is 0.480. The zero-order chi connectivity index (χ0) is 22.9. The van der Waals surface area contributed by atoms with E-state index in [9.17, 15) is 9.18 Å². The van der Waals surface area contributed by atoms with E-state index in [2.05, 4.69) is 9.62 Å². The molecule has 4 nitrogen and oxygen atoms in total. The van der Waals surface area contributed by atoms with Gasteiger partial charge in [-0.15, -0.1) is 0 Å². The first-order chi connectivity index (χ1) is 15.9. The van der Waals surface area contributed by atoms with Crippen LogP contribution in [0.2, 0.25) is 10.0 Å². The predicted molar refractivity (Wildman–Crippen MR) is 132 cm³/mol. The number of ether oxygens (including phenoxy) is 1. The minimum absolute atomic E-state index is 0.102. The van der Waals surface area contributed by atoms with E-state index in [4.69, 9.17) is 27.9 Å². The second kappa shape index (κ2) is 10.0. The molecule has 1 amide bonds. The summed E-state index contributed by atoms with van der Waals surface area (Å²) in [4.78, 5) is 14.9. The van der Waals surface area contributed by atoms with Crippen LogP contribution >= 0.6 is 35.1 Å². The second-order valence-electron chi connectivity index (χ2n) is 9.25. The maximum Gasteiger partial charge on any atom is 0.264 e. The zero-order valence-electron chi connectivity index (χ0n) is 18.3. The Labute approximate surface area is 208 Å². The van der Waals surface area contributed by atoms with Crippen LogP contribution in [0, 0.1) is 5.82 Å². The number of hydrogen-bond donors (Lipinski definition) is 1. The predicted octanol–water partition coefficient (Wildman–Crippen LogP) is 6.59. The molecule has 1 N–H and O–H groups in total. The van der Waals surface area contributed by atoms with Crippen LogP contribution in [0.5, 0.6) is 5.75 Å². The van der Waals surface area contributed by atoms with Crippen LogP contribution in [0.1, 0.15) is 65.9 Å². The maximum absolute atomic E-state index is 14.9. The van der Waals surface area contributed by atoms with Gasteiger partial charge in [0.15, 0.2) is 0 Å². The summed E-state index contributed by atoms with van der Waals surface area (Å²) in [6, 6.07) is 8.64. The molecule has 3 fully saturated rings. The highest BCUT2D eigenvalue weighted by Crippen LogP contribution is 2.43. The average Bonchev–Trinajstić information content (AvgIpc) is 3.67. The molecule has 8 heteroatoms.